The summed E-state index contributed by atoms with van der Waals surface area (Å²) >= 11 is 0. The largest absolute Gasteiger partial charge is 0.317 e. The van der Waals surface area contributed by atoms with Crippen molar-refractivity contribution in [1.82, 2.24) is 5.32 Å². The minimum absolute atomic E-state index is 0.0705. The number of hydrogen-bond donors (Lipinski definition) is 1. The molecule has 3 aliphatic heterocycles. The minimum Gasteiger partial charge on any atom is -0.317 e. The molecule has 4 rings (SSSR count). The highest BCUT2D eigenvalue weighted by Gasteiger charge is 2.37. The van der Waals surface area contributed by atoms with E-state index in [1.165, 1.54) is 0 Å². The van der Waals surface area contributed by atoms with Crippen LogP contribution in [-0.2, 0) is 0 Å². The molecule has 5 nitrogen and oxygen atoms in total. The Morgan fingerprint density at radius 1 is 1.16 bits per heavy atom. The van der Waals surface area contributed by atoms with Gasteiger partial charge in [0.15, 0.2) is 11.4 Å². The maximum atomic E-state index is 11.4. The van der Waals surface area contributed by atoms with Crippen LogP contribution in [0.3, 0.4) is 0 Å². The van der Waals surface area contributed by atoms with Crippen molar-refractivity contribution in [3.63, 3.8) is 0 Å². The Balaban J connectivity index is 1.62. The van der Waals surface area contributed by atoms with Gasteiger partial charge in [0.25, 0.3) is 0 Å². The van der Waals surface area contributed by atoms with Gasteiger partial charge >= 0.3 is 0 Å². The topological polar surface area (TPSA) is 66.2 Å². The van der Waals surface area contributed by atoms with Crippen LogP contribution in [-0.4, -0.2) is 42.2 Å². The molecule has 1 atom stereocenters. The highest BCUT2D eigenvalue weighted by Crippen LogP contribution is 2.34. The number of ketones is 1. The van der Waals surface area contributed by atoms with E-state index in [0.717, 1.165) is 48.6 Å². The third kappa shape index (κ3) is 3.00. The molecule has 25 heavy (non-hydrogen) atoms. The van der Waals surface area contributed by atoms with Crippen molar-refractivity contribution in [2.45, 2.75) is 32.4 Å². The second-order valence-electron chi connectivity index (χ2n) is 7.03. The number of piperidine rings is 1. The molecule has 1 saturated heterocycles. The Kier molecular flexibility index (Phi) is 3.96. The molecule has 0 bridgehead atoms. The highest BCUT2D eigenvalue weighted by molar-refractivity contribution is 6.68. The Morgan fingerprint density at radius 2 is 1.88 bits per heavy atom. The lowest BCUT2D eigenvalue weighted by Gasteiger charge is -2.35. The lowest BCUT2D eigenvalue weighted by molar-refractivity contribution is 0.101. The first kappa shape index (κ1) is 16.1. The minimum atomic E-state index is -0.388. The average molecular weight is 334 g/mol. The van der Waals surface area contributed by atoms with E-state index in [0.29, 0.717) is 11.5 Å². The van der Waals surface area contributed by atoms with Crippen molar-refractivity contribution in [2.24, 2.45) is 20.9 Å². The maximum Gasteiger partial charge on any atom is 0.159 e. The number of aliphatic imine (C=N–C) groups is 3. The van der Waals surface area contributed by atoms with Gasteiger partial charge in [-0.25, -0.2) is 4.99 Å². The van der Waals surface area contributed by atoms with Gasteiger partial charge in [-0.05, 0) is 45.9 Å². The molecule has 5 heteroatoms. The summed E-state index contributed by atoms with van der Waals surface area (Å²) in [7, 11) is 0. The number of allylic oxidation sites excluding steroid dienone is 1. The molecule has 0 spiro atoms. The predicted octanol–water partition coefficient (Wildman–Crippen LogP) is 2.93. The molecule has 1 unspecified atom stereocenters. The van der Waals surface area contributed by atoms with Crippen LogP contribution in [0.2, 0.25) is 0 Å². The molecule has 1 fully saturated rings. The van der Waals surface area contributed by atoms with Crippen molar-refractivity contribution in [3.05, 3.63) is 41.5 Å². The molecule has 0 amide bonds. The average Bonchev–Trinajstić information content (AvgIpc) is 3.05. The van der Waals surface area contributed by atoms with Crippen LogP contribution in [0.4, 0.5) is 0 Å². The Labute approximate surface area is 147 Å². The van der Waals surface area contributed by atoms with Crippen molar-refractivity contribution >= 4 is 29.1 Å². The number of benzene rings is 1. The zero-order chi connectivity index (χ0) is 17.4. The molecule has 0 aliphatic carbocycles. The number of carbonyl (C=O) groups excluding carboxylic acids is 1. The van der Waals surface area contributed by atoms with Crippen LogP contribution in [0.15, 0.2) is 45.3 Å². The Morgan fingerprint density at radius 3 is 2.56 bits per heavy atom. The van der Waals surface area contributed by atoms with Gasteiger partial charge in [0.1, 0.15) is 5.71 Å². The van der Waals surface area contributed by atoms with Gasteiger partial charge in [0, 0.05) is 17.0 Å². The van der Waals surface area contributed by atoms with Crippen LogP contribution in [0.1, 0.15) is 42.6 Å². The quantitative estimate of drug-likeness (QED) is 0.864. The molecule has 0 radical (unpaired) electrons. The fourth-order valence-electron chi connectivity index (χ4n) is 3.66. The number of hydrogen-bond acceptors (Lipinski definition) is 5. The summed E-state index contributed by atoms with van der Waals surface area (Å²) < 4.78 is 0. The van der Waals surface area contributed by atoms with Crippen molar-refractivity contribution in [2.75, 3.05) is 13.1 Å². The van der Waals surface area contributed by atoms with Gasteiger partial charge in [-0.2, -0.15) is 0 Å². The van der Waals surface area contributed by atoms with Gasteiger partial charge in [-0.1, -0.05) is 24.3 Å². The van der Waals surface area contributed by atoms with E-state index in [1.54, 1.807) is 6.92 Å². The van der Waals surface area contributed by atoms with Crippen molar-refractivity contribution in [3.8, 4) is 0 Å². The molecule has 0 saturated carbocycles. The number of nitrogens with zero attached hydrogens (tertiary/aromatic N) is 3. The van der Waals surface area contributed by atoms with Crippen molar-refractivity contribution < 1.29 is 4.79 Å². The van der Waals surface area contributed by atoms with Crippen LogP contribution in [0, 0.1) is 5.92 Å². The first-order chi connectivity index (χ1) is 12.0. The number of fused-ring (bicyclic) bond motifs is 1. The number of nitrogens with one attached hydrogen (secondary N) is 1. The second kappa shape index (κ2) is 6.15. The van der Waals surface area contributed by atoms with Gasteiger partial charge in [-0.15, -0.1) is 0 Å². The molecule has 3 aliphatic rings. The highest BCUT2D eigenvalue weighted by atomic mass is 16.1. The van der Waals surface area contributed by atoms with Crippen LogP contribution >= 0.6 is 0 Å². The first-order valence-electron chi connectivity index (χ1n) is 8.83. The van der Waals surface area contributed by atoms with E-state index >= 15 is 0 Å². The SMILES string of the molecule is CC(=O)c1ccc(C2=CC3=NC(C)(C4CCNCC4)N=CC3=N2)cc1. The van der Waals surface area contributed by atoms with Crippen LogP contribution in [0.25, 0.3) is 5.70 Å². The lowest BCUT2D eigenvalue weighted by atomic mass is 9.85. The van der Waals surface area contributed by atoms with Crippen LogP contribution in [0.5, 0.6) is 0 Å². The zero-order valence-electron chi connectivity index (χ0n) is 14.6. The summed E-state index contributed by atoms with van der Waals surface area (Å²) in [6.07, 6.45) is 6.10. The zero-order valence-corrected chi connectivity index (χ0v) is 14.6. The number of carbonyl (C=O) groups is 1. The normalized spacial score (nSPS) is 25.9. The maximum absolute atomic E-state index is 11.4. The molecule has 0 aromatic heterocycles. The standard InChI is InChI=1S/C20H22N4O/c1-13(25)14-3-5-15(6-4-14)17-11-18-19(23-17)12-22-20(2,24-18)16-7-9-21-10-8-16/h3-6,11-12,16,21H,7-10H2,1-2H3. The van der Waals surface area contributed by atoms with Gasteiger partial charge in [-0.3, -0.25) is 14.8 Å². The van der Waals surface area contributed by atoms with Crippen molar-refractivity contribution in [1.29, 1.82) is 0 Å². The fraction of sp³-hybridized carbons (Fsp3) is 0.400. The van der Waals surface area contributed by atoms with Crippen LogP contribution < -0.4 is 5.32 Å². The summed E-state index contributed by atoms with van der Waals surface area (Å²) in [4.78, 5) is 25.8. The third-order valence-corrected chi connectivity index (χ3v) is 5.27. The van der Waals surface area contributed by atoms with E-state index in [-0.39, 0.29) is 11.4 Å². The molecule has 1 aromatic rings. The third-order valence-electron chi connectivity index (χ3n) is 5.27. The van der Waals surface area contributed by atoms with E-state index in [4.69, 9.17) is 9.98 Å². The Hall–Kier alpha value is -2.40. The van der Waals surface area contributed by atoms with E-state index in [9.17, 15) is 4.79 Å². The smallest absolute Gasteiger partial charge is 0.159 e. The second-order valence-corrected chi connectivity index (χ2v) is 7.03. The summed E-state index contributed by atoms with van der Waals surface area (Å²) in [5, 5.41) is 3.40. The molecule has 128 valence electrons. The summed E-state index contributed by atoms with van der Waals surface area (Å²) in [5.41, 5.74) is 3.95. The summed E-state index contributed by atoms with van der Waals surface area (Å²) in [6.45, 7) is 5.76. The fourth-order valence-corrected chi connectivity index (χ4v) is 3.66. The van der Waals surface area contributed by atoms with E-state index in [2.05, 4.69) is 17.2 Å². The molecule has 3 heterocycles. The lowest BCUT2D eigenvalue weighted by Crippen LogP contribution is -2.42. The Bertz CT molecular complexity index is 826. The predicted molar refractivity (Wildman–Crippen MR) is 102 cm³/mol. The molecule has 1 N–H and O–H groups in total. The van der Waals surface area contributed by atoms with Gasteiger partial charge in [0.05, 0.1) is 17.6 Å². The summed E-state index contributed by atoms with van der Waals surface area (Å²) in [5.74, 6) is 0.535. The van der Waals surface area contributed by atoms with Gasteiger partial charge in [0.2, 0.25) is 0 Å². The van der Waals surface area contributed by atoms with Gasteiger partial charge < -0.3 is 5.32 Å². The number of Topliss-reactive ketones (excluding diaryl/α,β-unsaturated/α-hetero) is 1. The molecule has 1 aromatic carbocycles. The van der Waals surface area contributed by atoms with E-state index < -0.39 is 0 Å². The van der Waals surface area contributed by atoms with E-state index in [1.807, 2.05) is 36.6 Å². The molecular formula is C20H22N4O. The molecular weight excluding hydrogens is 312 g/mol. The monoisotopic (exact) mass is 334 g/mol. The number of rotatable bonds is 3. The summed E-state index contributed by atoms with van der Waals surface area (Å²) in [6, 6.07) is 7.56. The first-order valence-corrected chi connectivity index (χ1v) is 8.83.